The average molecular weight is 193 g/mol. The maximum atomic E-state index is 12.9. The molecule has 0 saturated heterocycles. The molecule has 0 aliphatic rings. The highest BCUT2D eigenvalue weighted by atomic mass is 19.3. The normalized spacial score (nSPS) is 16.2. The Morgan fingerprint density at radius 3 is 2.15 bits per heavy atom. The highest BCUT2D eigenvalue weighted by Gasteiger charge is 2.48. The zero-order valence-corrected chi connectivity index (χ0v) is 7.60. The Labute approximate surface area is 75.2 Å². The lowest BCUT2D eigenvalue weighted by Gasteiger charge is -2.33. The smallest absolute Gasteiger partial charge is 0.309 e. The van der Waals surface area contributed by atoms with E-state index in [-0.39, 0.29) is 6.42 Å². The number of halogens is 2. The van der Waals surface area contributed by atoms with E-state index < -0.39 is 23.6 Å². The summed E-state index contributed by atoms with van der Waals surface area (Å²) in [4.78, 5) is 10.3. The van der Waals surface area contributed by atoms with Crippen LogP contribution in [0.2, 0.25) is 0 Å². The van der Waals surface area contributed by atoms with Crippen LogP contribution in [0.3, 0.4) is 0 Å². The van der Waals surface area contributed by atoms with E-state index in [4.69, 9.17) is 5.11 Å². The van der Waals surface area contributed by atoms with Crippen molar-refractivity contribution in [2.45, 2.75) is 26.3 Å². The largest absolute Gasteiger partial charge is 0.391 e. The van der Waals surface area contributed by atoms with Gasteiger partial charge in [0.1, 0.15) is 5.94 Å². The van der Waals surface area contributed by atoms with Crippen molar-refractivity contribution < 1.29 is 18.7 Å². The molecule has 0 aromatic heterocycles. The Kier molecular flexibility index (Phi) is 3.72. The van der Waals surface area contributed by atoms with E-state index in [0.717, 1.165) is 6.92 Å². The Bertz CT molecular complexity index is 231. The summed E-state index contributed by atoms with van der Waals surface area (Å²) in [5.74, 6) is 1.31. The van der Waals surface area contributed by atoms with Crippen molar-refractivity contribution in [3.63, 3.8) is 0 Å². The molecule has 0 spiro atoms. The molecule has 0 saturated carbocycles. The van der Waals surface area contributed by atoms with E-state index in [0.29, 0.717) is 0 Å². The molecule has 0 heterocycles. The van der Waals surface area contributed by atoms with Gasteiger partial charge in [0.25, 0.3) is 0 Å². The first-order valence-electron chi connectivity index (χ1n) is 3.85. The average Bonchev–Trinajstić information content (AvgIpc) is 2.04. The molecule has 0 aromatic carbocycles. The molecule has 3 nitrogen and oxygen atoms in total. The highest BCUT2D eigenvalue weighted by Crippen LogP contribution is 2.40. The second-order valence-corrected chi connectivity index (χ2v) is 3.05. The van der Waals surface area contributed by atoms with Gasteiger partial charge in [-0.25, -0.2) is 4.79 Å². The minimum absolute atomic E-state index is 0.0400. The molecule has 0 radical (unpaired) electrons. The maximum Gasteiger partial charge on any atom is 0.309 e. The van der Waals surface area contributed by atoms with Gasteiger partial charge in [-0.2, -0.15) is 8.78 Å². The molecule has 0 aliphatic carbocycles. The number of aliphatic hydroxyl groups excluding tert-OH is 1. The van der Waals surface area contributed by atoms with Crippen molar-refractivity contribution in [3.8, 4) is 0 Å². The summed E-state index contributed by atoms with van der Waals surface area (Å²) in [7, 11) is 0. The minimum atomic E-state index is -3.53. The molecular weight excluding hydrogens is 180 g/mol. The molecule has 1 atom stereocenters. The van der Waals surface area contributed by atoms with Crippen LogP contribution in [0.1, 0.15) is 20.3 Å². The summed E-state index contributed by atoms with van der Waals surface area (Å²) < 4.78 is 25.7. The summed E-state index contributed by atoms with van der Waals surface area (Å²) in [5, 5.41) is 8.67. The predicted octanol–water partition coefficient (Wildman–Crippen LogP) is 0.705. The summed E-state index contributed by atoms with van der Waals surface area (Å²) in [6, 6.07) is -3.53. The van der Waals surface area contributed by atoms with E-state index in [1.165, 1.54) is 12.9 Å². The topological polar surface area (TPSA) is 63.3 Å². The molecule has 0 fully saturated rings. The lowest BCUT2D eigenvalue weighted by molar-refractivity contribution is -0.0941. The van der Waals surface area contributed by atoms with Crippen molar-refractivity contribution in [2.75, 3.05) is 6.61 Å². The summed E-state index contributed by atoms with van der Waals surface area (Å²) in [6.07, 6.45) is -0.0400. The second-order valence-electron chi connectivity index (χ2n) is 3.05. The van der Waals surface area contributed by atoms with Gasteiger partial charge in [-0.1, -0.05) is 6.92 Å². The molecule has 0 amide bonds. The Morgan fingerprint density at radius 2 is 2.08 bits per heavy atom. The van der Waals surface area contributed by atoms with Crippen LogP contribution in [0.4, 0.5) is 8.78 Å². The fourth-order valence-corrected chi connectivity index (χ4v) is 0.970. The van der Waals surface area contributed by atoms with E-state index >= 15 is 0 Å². The summed E-state index contributed by atoms with van der Waals surface area (Å²) in [6.45, 7) is 1.85. The molecule has 1 unspecified atom stereocenters. The van der Waals surface area contributed by atoms with E-state index in [1.807, 2.05) is 0 Å². The van der Waals surface area contributed by atoms with Gasteiger partial charge in [0.05, 0.1) is 17.6 Å². The number of carbonyl (C=O) groups excluding carboxylic acids is 1. The first-order valence-corrected chi connectivity index (χ1v) is 3.85. The molecule has 0 bridgehead atoms. The predicted molar refractivity (Wildman–Crippen MR) is 43.8 cm³/mol. The minimum Gasteiger partial charge on any atom is -0.391 e. The number of hydrogen-bond donors (Lipinski definition) is 2. The number of aliphatic hydroxyl groups is 1. The maximum absolute atomic E-state index is 12.9. The molecule has 13 heavy (non-hydrogen) atoms. The lowest BCUT2D eigenvalue weighted by Crippen LogP contribution is -2.48. The van der Waals surface area contributed by atoms with Gasteiger partial charge in [-0.3, -0.25) is 5.73 Å². The first kappa shape index (κ1) is 12.2. The van der Waals surface area contributed by atoms with Crippen LogP contribution < -0.4 is 5.73 Å². The van der Waals surface area contributed by atoms with Crippen LogP contribution in [-0.4, -0.2) is 23.7 Å². The third-order valence-electron chi connectivity index (χ3n) is 2.39. The van der Waals surface area contributed by atoms with Gasteiger partial charge in [0.15, 0.2) is 0 Å². The van der Waals surface area contributed by atoms with E-state index in [2.05, 4.69) is 5.73 Å². The van der Waals surface area contributed by atoms with Crippen molar-refractivity contribution in [1.29, 1.82) is 0 Å². The van der Waals surface area contributed by atoms with Crippen molar-refractivity contribution in [1.82, 2.24) is 0 Å². The number of alkyl halides is 2. The van der Waals surface area contributed by atoms with Crippen LogP contribution in [-0.2, 0) is 4.79 Å². The number of hydrogen-bond acceptors (Lipinski definition) is 3. The van der Waals surface area contributed by atoms with Crippen LogP contribution >= 0.6 is 0 Å². The fourth-order valence-electron chi connectivity index (χ4n) is 0.970. The third-order valence-corrected chi connectivity index (χ3v) is 2.39. The van der Waals surface area contributed by atoms with Gasteiger partial charge in [-0.15, -0.1) is 0 Å². The first-order chi connectivity index (χ1) is 5.83. The Hall–Kier alpha value is -0.770. The Morgan fingerprint density at radius 1 is 1.62 bits per heavy atom. The number of nitrogens with two attached hydrogens (primary N) is 1. The van der Waals surface area contributed by atoms with Gasteiger partial charge in [0, 0.05) is 0 Å². The second kappa shape index (κ2) is 3.96. The third kappa shape index (κ3) is 2.12. The molecule has 5 heteroatoms. The monoisotopic (exact) mass is 193 g/mol. The van der Waals surface area contributed by atoms with Gasteiger partial charge < -0.3 is 5.11 Å². The van der Waals surface area contributed by atoms with Crippen LogP contribution in [0.25, 0.3) is 0 Å². The fraction of sp³-hybridized carbons (Fsp3) is 0.750. The van der Waals surface area contributed by atoms with Gasteiger partial charge >= 0.3 is 6.05 Å². The number of rotatable bonds is 4. The van der Waals surface area contributed by atoms with Crippen LogP contribution in [0.15, 0.2) is 5.57 Å². The highest BCUT2D eigenvalue weighted by molar-refractivity contribution is 5.55. The standard InChI is InChI=1S/C8H13F2NO2/c1-3-7(2,8(9,10)11)6(4-12)5-13/h12H,3-4,11H2,1-2H3. The SMILES string of the molecule is CCC(C)(C(=C=O)CO)C(N)(F)F. The quantitative estimate of drug-likeness (QED) is 0.510. The Balaban J connectivity index is 5.17. The summed E-state index contributed by atoms with van der Waals surface area (Å²) >= 11 is 0. The molecule has 3 N–H and O–H groups in total. The van der Waals surface area contributed by atoms with Crippen molar-refractivity contribution >= 4 is 5.94 Å². The van der Waals surface area contributed by atoms with E-state index in [1.54, 1.807) is 0 Å². The molecule has 0 aliphatic heterocycles. The zero-order chi connectivity index (χ0) is 10.7. The summed E-state index contributed by atoms with van der Waals surface area (Å²) in [5.41, 5.74) is 2.42. The van der Waals surface area contributed by atoms with Crippen molar-refractivity contribution in [3.05, 3.63) is 5.57 Å². The van der Waals surface area contributed by atoms with E-state index in [9.17, 15) is 13.6 Å². The molecule has 0 rings (SSSR count). The zero-order valence-electron chi connectivity index (χ0n) is 7.60. The molecule has 0 aromatic rings. The molecular formula is C8H13F2NO2. The van der Waals surface area contributed by atoms with Crippen molar-refractivity contribution in [2.24, 2.45) is 11.1 Å². The molecule has 76 valence electrons. The van der Waals surface area contributed by atoms with Crippen LogP contribution in [0.5, 0.6) is 0 Å². The van der Waals surface area contributed by atoms with Gasteiger partial charge in [-0.05, 0) is 13.3 Å². The lowest BCUT2D eigenvalue weighted by atomic mass is 9.78. The van der Waals surface area contributed by atoms with Crippen LogP contribution in [0, 0.1) is 5.41 Å². The van der Waals surface area contributed by atoms with Gasteiger partial charge in [0.2, 0.25) is 0 Å².